The molecule has 5 heteroatoms. The standard InChI is InChI=1S/C53H32N4O/c1-3-15-33(16-4-1)38-30-44-49-42(53-55-51(35-18-5-2-6-19-35)54-52(56-53)41-25-13-22-34-17-9-10-23-39(34)41)26-14-28-48(49)58-50(44)47(32-38)57-45-27-12-11-24-40(45)43-29-36-20-7-8-21-37(36)31-46(43)57/h1-32H. The lowest BCUT2D eigenvalue weighted by Crippen LogP contribution is -2.00. The maximum absolute atomic E-state index is 7.04. The molecule has 3 heterocycles. The van der Waals surface area contributed by atoms with E-state index in [2.05, 4.69) is 162 Å². The molecule has 0 saturated heterocycles. The van der Waals surface area contributed by atoms with Gasteiger partial charge in [-0.25, -0.2) is 15.0 Å². The summed E-state index contributed by atoms with van der Waals surface area (Å²) in [5, 5.41) is 8.95. The topological polar surface area (TPSA) is 56.7 Å². The number of hydrogen-bond acceptors (Lipinski definition) is 4. The van der Waals surface area contributed by atoms with E-state index in [9.17, 15) is 0 Å². The fraction of sp³-hybridized carbons (Fsp3) is 0. The van der Waals surface area contributed by atoms with Crippen molar-refractivity contribution in [1.29, 1.82) is 0 Å². The van der Waals surface area contributed by atoms with Crippen LogP contribution in [0.4, 0.5) is 0 Å². The molecule has 0 fully saturated rings. The number of para-hydroxylation sites is 1. The number of aromatic nitrogens is 4. The van der Waals surface area contributed by atoms with Gasteiger partial charge in [-0.05, 0) is 69.1 Å². The Labute approximate surface area is 333 Å². The number of benzene rings is 9. The van der Waals surface area contributed by atoms with E-state index in [-0.39, 0.29) is 0 Å². The molecule has 0 spiro atoms. The van der Waals surface area contributed by atoms with Crippen molar-refractivity contribution in [2.75, 3.05) is 0 Å². The summed E-state index contributed by atoms with van der Waals surface area (Å²) in [5.41, 5.74) is 9.72. The highest BCUT2D eigenvalue weighted by Gasteiger charge is 2.23. The van der Waals surface area contributed by atoms with Crippen LogP contribution in [0, 0.1) is 0 Å². The summed E-state index contributed by atoms with van der Waals surface area (Å²) in [6.45, 7) is 0. The highest BCUT2D eigenvalue weighted by Crippen LogP contribution is 2.44. The Kier molecular flexibility index (Phi) is 7.16. The molecule has 0 radical (unpaired) electrons. The zero-order valence-corrected chi connectivity index (χ0v) is 31.2. The first-order chi connectivity index (χ1) is 28.7. The van der Waals surface area contributed by atoms with Crippen molar-refractivity contribution < 1.29 is 4.42 Å². The lowest BCUT2D eigenvalue weighted by molar-refractivity contribution is 0.666. The van der Waals surface area contributed by atoms with E-state index in [0.29, 0.717) is 17.5 Å². The molecule has 0 N–H and O–H groups in total. The van der Waals surface area contributed by atoms with Gasteiger partial charge >= 0.3 is 0 Å². The van der Waals surface area contributed by atoms with Crippen LogP contribution >= 0.6 is 0 Å². The Morgan fingerprint density at radius 1 is 0.362 bits per heavy atom. The molecule has 0 aliphatic carbocycles. The van der Waals surface area contributed by atoms with Gasteiger partial charge in [-0.3, -0.25) is 0 Å². The van der Waals surface area contributed by atoms with Crippen LogP contribution < -0.4 is 0 Å². The summed E-state index contributed by atoms with van der Waals surface area (Å²) in [6, 6.07) is 68.0. The Morgan fingerprint density at radius 2 is 0.966 bits per heavy atom. The maximum Gasteiger partial charge on any atom is 0.164 e. The first-order valence-corrected chi connectivity index (χ1v) is 19.5. The van der Waals surface area contributed by atoms with Crippen molar-refractivity contribution >= 4 is 65.3 Å². The molecule has 270 valence electrons. The monoisotopic (exact) mass is 740 g/mol. The van der Waals surface area contributed by atoms with Crippen molar-refractivity contribution in [3.05, 3.63) is 194 Å². The predicted octanol–water partition coefficient (Wildman–Crippen LogP) is 13.8. The number of rotatable bonds is 5. The molecule has 12 rings (SSSR count). The molecule has 0 bridgehead atoms. The van der Waals surface area contributed by atoms with E-state index >= 15 is 0 Å². The number of hydrogen-bond donors (Lipinski definition) is 0. The number of nitrogens with zero attached hydrogens (tertiary/aromatic N) is 4. The van der Waals surface area contributed by atoms with Gasteiger partial charge in [0.15, 0.2) is 23.1 Å². The molecule has 3 aromatic heterocycles. The van der Waals surface area contributed by atoms with Crippen molar-refractivity contribution in [3.63, 3.8) is 0 Å². The Bertz CT molecular complexity index is 3560. The largest absolute Gasteiger partial charge is 0.454 e. The van der Waals surface area contributed by atoms with Crippen LogP contribution in [0.5, 0.6) is 0 Å². The smallest absolute Gasteiger partial charge is 0.164 e. The zero-order chi connectivity index (χ0) is 38.2. The number of fused-ring (bicyclic) bond motifs is 8. The van der Waals surface area contributed by atoms with Crippen LogP contribution in [-0.2, 0) is 0 Å². The average molecular weight is 741 g/mol. The van der Waals surface area contributed by atoms with E-state index < -0.39 is 0 Å². The zero-order valence-electron chi connectivity index (χ0n) is 31.2. The minimum Gasteiger partial charge on any atom is -0.454 e. The van der Waals surface area contributed by atoms with Gasteiger partial charge in [0, 0.05) is 38.2 Å². The SMILES string of the molecule is c1ccc(-c2cc(-n3c4ccccc4c4cc5ccccc5cc43)c3oc4cccc(-c5nc(-c6ccccc6)nc(-c6cccc7ccccc67)n5)c4c3c2)cc1. The van der Waals surface area contributed by atoms with Gasteiger partial charge in [0.25, 0.3) is 0 Å². The number of furan rings is 1. The van der Waals surface area contributed by atoms with Crippen LogP contribution in [0.2, 0.25) is 0 Å². The fourth-order valence-electron chi connectivity index (χ4n) is 8.73. The van der Waals surface area contributed by atoms with E-state index in [1.807, 2.05) is 36.4 Å². The third kappa shape index (κ3) is 5.07. The van der Waals surface area contributed by atoms with Gasteiger partial charge in [-0.2, -0.15) is 0 Å². The van der Waals surface area contributed by atoms with Crippen molar-refractivity contribution in [2.24, 2.45) is 0 Å². The summed E-state index contributed by atoms with van der Waals surface area (Å²) in [6.07, 6.45) is 0. The molecule has 0 amide bonds. The molecular weight excluding hydrogens is 709 g/mol. The molecule has 0 aliphatic rings. The first kappa shape index (κ1) is 32.4. The summed E-state index contributed by atoms with van der Waals surface area (Å²) in [7, 11) is 0. The van der Waals surface area contributed by atoms with Gasteiger partial charge in [-0.1, -0.05) is 158 Å². The van der Waals surface area contributed by atoms with E-state index in [1.54, 1.807) is 0 Å². The second kappa shape index (κ2) is 12.8. The van der Waals surface area contributed by atoms with Crippen LogP contribution in [0.15, 0.2) is 199 Å². The highest BCUT2D eigenvalue weighted by atomic mass is 16.3. The van der Waals surface area contributed by atoms with Crippen LogP contribution in [0.25, 0.3) is 116 Å². The summed E-state index contributed by atoms with van der Waals surface area (Å²) in [5.74, 6) is 1.82. The van der Waals surface area contributed by atoms with Gasteiger partial charge in [0.2, 0.25) is 0 Å². The van der Waals surface area contributed by atoms with E-state index in [4.69, 9.17) is 19.4 Å². The first-order valence-electron chi connectivity index (χ1n) is 19.5. The van der Waals surface area contributed by atoms with Crippen molar-refractivity contribution in [1.82, 2.24) is 19.5 Å². The normalized spacial score (nSPS) is 11.8. The second-order valence-electron chi connectivity index (χ2n) is 14.8. The van der Waals surface area contributed by atoms with Gasteiger partial charge in [0.1, 0.15) is 5.58 Å². The predicted molar refractivity (Wildman–Crippen MR) is 238 cm³/mol. The molecule has 0 aliphatic heterocycles. The minimum absolute atomic E-state index is 0.583. The molecular formula is C53H32N4O. The molecule has 5 nitrogen and oxygen atoms in total. The van der Waals surface area contributed by atoms with Crippen LogP contribution in [0.1, 0.15) is 0 Å². The van der Waals surface area contributed by atoms with Crippen molar-refractivity contribution in [3.8, 4) is 51.0 Å². The van der Waals surface area contributed by atoms with E-state index in [0.717, 1.165) is 77.2 Å². The van der Waals surface area contributed by atoms with E-state index in [1.165, 1.54) is 21.5 Å². The Balaban J connectivity index is 1.18. The lowest BCUT2D eigenvalue weighted by Gasteiger charge is -2.13. The summed E-state index contributed by atoms with van der Waals surface area (Å²) in [4.78, 5) is 15.6. The third-order valence-electron chi connectivity index (χ3n) is 11.4. The molecule has 0 saturated carbocycles. The van der Waals surface area contributed by atoms with Crippen molar-refractivity contribution in [2.45, 2.75) is 0 Å². The van der Waals surface area contributed by atoms with Gasteiger partial charge in [-0.15, -0.1) is 0 Å². The molecule has 0 unspecified atom stereocenters. The molecule has 12 aromatic rings. The minimum atomic E-state index is 0.583. The van der Waals surface area contributed by atoms with Gasteiger partial charge < -0.3 is 8.98 Å². The molecule has 9 aromatic carbocycles. The third-order valence-corrected chi connectivity index (χ3v) is 11.4. The fourth-order valence-corrected chi connectivity index (χ4v) is 8.73. The highest BCUT2D eigenvalue weighted by molar-refractivity contribution is 6.18. The molecule has 58 heavy (non-hydrogen) atoms. The second-order valence-corrected chi connectivity index (χ2v) is 14.8. The summed E-state index contributed by atoms with van der Waals surface area (Å²) < 4.78 is 9.42. The summed E-state index contributed by atoms with van der Waals surface area (Å²) >= 11 is 0. The Hall–Kier alpha value is -7.89. The van der Waals surface area contributed by atoms with Gasteiger partial charge in [0.05, 0.1) is 16.7 Å². The maximum atomic E-state index is 7.04. The van der Waals surface area contributed by atoms with Crippen LogP contribution in [0.3, 0.4) is 0 Å². The van der Waals surface area contributed by atoms with Crippen LogP contribution in [-0.4, -0.2) is 19.5 Å². The average Bonchev–Trinajstić information content (AvgIpc) is 3.83. The lowest BCUT2D eigenvalue weighted by atomic mass is 9.99. The Morgan fingerprint density at radius 3 is 1.78 bits per heavy atom. The quantitative estimate of drug-likeness (QED) is 0.176. The molecule has 0 atom stereocenters.